The van der Waals surface area contributed by atoms with E-state index in [-0.39, 0.29) is 0 Å². The van der Waals surface area contributed by atoms with Crippen molar-refractivity contribution >= 4 is 5.69 Å². The van der Waals surface area contributed by atoms with Crippen molar-refractivity contribution in [3.8, 4) is 0 Å². The molecule has 0 fully saturated rings. The smallest absolute Gasteiger partial charge is 0.0412 e. The SMILES string of the molecule is CC1CN(CCc2ccncc2)c2ccccc2CN1. The van der Waals surface area contributed by atoms with Crippen LogP contribution in [0.5, 0.6) is 0 Å². The number of nitrogens with zero attached hydrogens (tertiary/aromatic N) is 2. The Balaban J connectivity index is 1.77. The van der Waals surface area contributed by atoms with E-state index in [1.807, 2.05) is 12.4 Å². The van der Waals surface area contributed by atoms with Gasteiger partial charge in [0.2, 0.25) is 0 Å². The summed E-state index contributed by atoms with van der Waals surface area (Å²) in [4.78, 5) is 6.58. The molecule has 1 unspecified atom stereocenters. The molecule has 104 valence electrons. The summed E-state index contributed by atoms with van der Waals surface area (Å²) in [7, 11) is 0. The zero-order valence-corrected chi connectivity index (χ0v) is 11.9. The minimum absolute atomic E-state index is 0.514. The molecular formula is C17H21N3. The van der Waals surface area contributed by atoms with Gasteiger partial charge in [0, 0.05) is 43.8 Å². The molecule has 1 aromatic carbocycles. The summed E-state index contributed by atoms with van der Waals surface area (Å²) in [6.07, 6.45) is 4.80. The quantitative estimate of drug-likeness (QED) is 0.926. The summed E-state index contributed by atoms with van der Waals surface area (Å²) in [5.74, 6) is 0. The van der Waals surface area contributed by atoms with Crippen LogP contribution in [0.25, 0.3) is 0 Å². The molecule has 0 spiro atoms. The third-order valence-electron chi connectivity index (χ3n) is 3.89. The fourth-order valence-electron chi connectivity index (χ4n) is 2.77. The zero-order valence-electron chi connectivity index (χ0n) is 11.9. The summed E-state index contributed by atoms with van der Waals surface area (Å²) in [6.45, 7) is 5.32. The Hall–Kier alpha value is -1.87. The van der Waals surface area contributed by atoms with E-state index in [9.17, 15) is 0 Å². The highest BCUT2D eigenvalue weighted by Crippen LogP contribution is 2.23. The Kier molecular flexibility index (Phi) is 3.97. The van der Waals surface area contributed by atoms with Crippen LogP contribution in [0.3, 0.4) is 0 Å². The first kappa shape index (κ1) is 13.1. The first-order valence-corrected chi connectivity index (χ1v) is 7.28. The van der Waals surface area contributed by atoms with Crippen LogP contribution in [0.15, 0.2) is 48.8 Å². The topological polar surface area (TPSA) is 28.2 Å². The van der Waals surface area contributed by atoms with Crippen molar-refractivity contribution < 1.29 is 0 Å². The van der Waals surface area contributed by atoms with Crippen molar-refractivity contribution in [3.05, 3.63) is 59.9 Å². The van der Waals surface area contributed by atoms with Crippen molar-refractivity contribution in [2.75, 3.05) is 18.0 Å². The van der Waals surface area contributed by atoms with E-state index in [1.165, 1.54) is 16.8 Å². The molecule has 0 bridgehead atoms. The summed E-state index contributed by atoms with van der Waals surface area (Å²) >= 11 is 0. The van der Waals surface area contributed by atoms with E-state index >= 15 is 0 Å². The lowest BCUT2D eigenvalue weighted by atomic mass is 10.1. The fourth-order valence-corrected chi connectivity index (χ4v) is 2.77. The number of pyridine rings is 1. The maximum Gasteiger partial charge on any atom is 0.0412 e. The van der Waals surface area contributed by atoms with Crippen LogP contribution in [0.4, 0.5) is 5.69 Å². The molecule has 1 atom stereocenters. The molecular weight excluding hydrogens is 246 g/mol. The highest BCUT2D eigenvalue weighted by molar-refractivity contribution is 5.54. The monoisotopic (exact) mass is 267 g/mol. The average Bonchev–Trinajstić information content (AvgIpc) is 2.66. The lowest BCUT2D eigenvalue weighted by Crippen LogP contribution is -2.37. The molecule has 0 radical (unpaired) electrons. The standard InChI is InChI=1S/C17H21N3/c1-14-13-20(11-8-15-6-9-18-10-7-15)17-5-3-2-4-16(17)12-19-14/h2-7,9-10,14,19H,8,11-13H2,1H3. The van der Waals surface area contributed by atoms with E-state index in [0.29, 0.717) is 6.04 Å². The van der Waals surface area contributed by atoms with E-state index in [0.717, 1.165) is 26.1 Å². The number of hydrogen-bond donors (Lipinski definition) is 1. The number of nitrogens with one attached hydrogen (secondary N) is 1. The Morgan fingerprint density at radius 3 is 2.85 bits per heavy atom. The second kappa shape index (κ2) is 6.06. The van der Waals surface area contributed by atoms with Crippen molar-refractivity contribution in [1.29, 1.82) is 0 Å². The lowest BCUT2D eigenvalue weighted by Gasteiger charge is -2.26. The maximum absolute atomic E-state index is 4.08. The predicted molar refractivity (Wildman–Crippen MR) is 82.9 cm³/mol. The summed E-state index contributed by atoms with van der Waals surface area (Å²) in [5, 5.41) is 3.58. The second-order valence-corrected chi connectivity index (χ2v) is 5.46. The van der Waals surface area contributed by atoms with Crippen LogP contribution in [-0.2, 0) is 13.0 Å². The van der Waals surface area contributed by atoms with Gasteiger partial charge in [-0.15, -0.1) is 0 Å². The molecule has 3 rings (SSSR count). The molecule has 0 saturated heterocycles. The Labute approximate surface area is 120 Å². The van der Waals surface area contributed by atoms with Crippen LogP contribution in [-0.4, -0.2) is 24.1 Å². The van der Waals surface area contributed by atoms with Gasteiger partial charge in [-0.05, 0) is 42.7 Å². The molecule has 1 aromatic heterocycles. The van der Waals surface area contributed by atoms with Gasteiger partial charge in [0.1, 0.15) is 0 Å². The van der Waals surface area contributed by atoms with Crippen LogP contribution >= 0.6 is 0 Å². The Bertz CT molecular complexity index is 553. The number of fused-ring (bicyclic) bond motifs is 1. The molecule has 0 amide bonds. The molecule has 1 aliphatic heterocycles. The van der Waals surface area contributed by atoms with Gasteiger partial charge in [-0.1, -0.05) is 18.2 Å². The largest absolute Gasteiger partial charge is 0.369 e. The second-order valence-electron chi connectivity index (χ2n) is 5.46. The number of hydrogen-bond acceptors (Lipinski definition) is 3. The van der Waals surface area contributed by atoms with Gasteiger partial charge >= 0.3 is 0 Å². The third kappa shape index (κ3) is 2.99. The first-order chi connectivity index (χ1) is 9.83. The molecule has 2 heterocycles. The fraction of sp³-hybridized carbons (Fsp3) is 0.353. The van der Waals surface area contributed by atoms with Crippen molar-refractivity contribution in [2.24, 2.45) is 0 Å². The van der Waals surface area contributed by atoms with Gasteiger partial charge in [-0.2, -0.15) is 0 Å². The third-order valence-corrected chi connectivity index (χ3v) is 3.89. The molecule has 2 aromatic rings. The number of anilines is 1. The normalized spacial score (nSPS) is 18.4. The Morgan fingerprint density at radius 2 is 2.00 bits per heavy atom. The summed E-state index contributed by atoms with van der Waals surface area (Å²) < 4.78 is 0. The molecule has 20 heavy (non-hydrogen) atoms. The van der Waals surface area contributed by atoms with Gasteiger partial charge in [-0.3, -0.25) is 4.98 Å². The molecule has 1 N–H and O–H groups in total. The van der Waals surface area contributed by atoms with Crippen molar-refractivity contribution in [2.45, 2.75) is 25.9 Å². The van der Waals surface area contributed by atoms with Crippen LogP contribution < -0.4 is 10.2 Å². The number of aromatic nitrogens is 1. The number of para-hydroxylation sites is 1. The van der Waals surface area contributed by atoms with E-state index in [1.54, 1.807) is 0 Å². The Morgan fingerprint density at radius 1 is 1.20 bits per heavy atom. The molecule has 1 aliphatic rings. The molecule has 3 heteroatoms. The van der Waals surface area contributed by atoms with Gasteiger partial charge in [0.25, 0.3) is 0 Å². The van der Waals surface area contributed by atoms with Gasteiger partial charge in [-0.25, -0.2) is 0 Å². The molecule has 3 nitrogen and oxygen atoms in total. The van der Waals surface area contributed by atoms with Crippen LogP contribution in [0.2, 0.25) is 0 Å². The molecule has 0 aliphatic carbocycles. The zero-order chi connectivity index (χ0) is 13.8. The lowest BCUT2D eigenvalue weighted by molar-refractivity contribution is 0.553. The average molecular weight is 267 g/mol. The highest BCUT2D eigenvalue weighted by Gasteiger charge is 2.18. The van der Waals surface area contributed by atoms with Crippen LogP contribution in [0.1, 0.15) is 18.1 Å². The predicted octanol–water partition coefficient (Wildman–Crippen LogP) is 2.62. The minimum Gasteiger partial charge on any atom is -0.369 e. The van der Waals surface area contributed by atoms with E-state index in [4.69, 9.17) is 0 Å². The molecule has 0 saturated carbocycles. The van der Waals surface area contributed by atoms with Crippen molar-refractivity contribution in [3.63, 3.8) is 0 Å². The van der Waals surface area contributed by atoms with Gasteiger partial charge < -0.3 is 10.2 Å². The number of rotatable bonds is 3. The van der Waals surface area contributed by atoms with Gasteiger partial charge in [0.05, 0.1) is 0 Å². The minimum atomic E-state index is 0.514. The van der Waals surface area contributed by atoms with E-state index in [2.05, 4.69) is 58.5 Å². The summed E-state index contributed by atoms with van der Waals surface area (Å²) in [5.41, 5.74) is 4.12. The van der Waals surface area contributed by atoms with E-state index < -0.39 is 0 Å². The number of benzene rings is 1. The first-order valence-electron chi connectivity index (χ1n) is 7.28. The highest BCUT2D eigenvalue weighted by atomic mass is 15.2. The van der Waals surface area contributed by atoms with Gasteiger partial charge in [0.15, 0.2) is 0 Å². The summed E-state index contributed by atoms with van der Waals surface area (Å²) in [6, 6.07) is 13.4. The van der Waals surface area contributed by atoms with Crippen molar-refractivity contribution in [1.82, 2.24) is 10.3 Å². The van der Waals surface area contributed by atoms with Crippen LogP contribution in [0, 0.1) is 0 Å². The maximum atomic E-state index is 4.08.